The van der Waals surface area contributed by atoms with Crippen molar-refractivity contribution in [1.82, 2.24) is 0 Å². The molecule has 4 heteroatoms. The van der Waals surface area contributed by atoms with Gasteiger partial charge in [0.2, 0.25) is 6.08 Å². The smallest absolute Gasteiger partial charge is 0.240 e. The van der Waals surface area contributed by atoms with Crippen molar-refractivity contribution in [1.29, 1.82) is 0 Å². The van der Waals surface area contributed by atoms with Crippen molar-refractivity contribution in [2.75, 3.05) is 0 Å². The second-order valence-corrected chi connectivity index (χ2v) is 3.69. The summed E-state index contributed by atoms with van der Waals surface area (Å²) in [5.41, 5.74) is 0.540. The van der Waals surface area contributed by atoms with Gasteiger partial charge in [0, 0.05) is 5.02 Å². The molecule has 2 aromatic carbocycles. The standard InChI is InChI=1S/C13H8ClNO2/c14-10-2-1-3-13(8-10)17-12-6-4-11(5-7-12)15-9-16/h1-8H. The van der Waals surface area contributed by atoms with Gasteiger partial charge in [0.15, 0.2) is 0 Å². The maximum atomic E-state index is 10.1. The average molecular weight is 246 g/mol. The van der Waals surface area contributed by atoms with E-state index in [4.69, 9.17) is 16.3 Å². The molecule has 0 saturated carbocycles. The van der Waals surface area contributed by atoms with Crippen LogP contribution >= 0.6 is 11.6 Å². The molecule has 2 rings (SSSR count). The molecule has 0 aliphatic heterocycles. The number of nitrogens with zero attached hydrogens (tertiary/aromatic N) is 1. The fraction of sp³-hybridized carbons (Fsp3) is 0. The van der Waals surface area contributed by atoms with Crippen LogP contribution in [0.15, 0.2) is 53.5 Å². The van der Waals surface area contributed by atoms with Crippen LogP contribution in [-0.2, 0) is 4.79 Å². The summed E-state index contributed by atoms with van der Waals surface area (Å²) in [6, 6.07) is 13.9. The van der Waals surface area contributed by atoms with E-state index in [2.05, 4.69) is 4.99 Å². The van der Waals surface area contributed by atoms with Gasteiger partial charge < -0.3 is 4.74 Å². The summed E-state index contributed by atoms with van der Waals surface area (Å²) >= 11 is 5.84. The van der Waals surface area contributed by atoms with Crippen molar-refractivity contribution in [3.05, 3.63) is 53.6 Å². The highest BCUT2D eigenvalue weighted by Gasteiger charge is 1.98. The van der Waals surface area contributed by atoms with Gasteiger partial charge in [-0.3, -0.25) is 0 Å². The van der Waals surface area contributed by atoms with E-state index in [1.807, 2.05) is 12.1 Å². The summed E-state index contributed by atoms with van der Waals surface area (Å²) in [6.45, 7) is 0. The van der Waals surface area contributed by atoms with E-state index < -0.39 is 0 Å². The van der Waals surface area contributed by atoms with Crippen LogP contribution < -0.4 is 4.74 Å². The monoisotopic (exact) mass is 245 g/mol. The Morgan fingerprint density at radius 3 is 2.47 bits per heavy atom. The van der Waals surface area contributed by atoms with Crippen molar-refractivity contribution in [3.8, 4) is 11.5 Å². The van der Waals surface area contributed by atoms with Gasteiger partial charge in [-0.05, 0) is 42.5 Å². The second-order valence-electron chi connectivity index (χ2n) is 3.26. The summed E-state index contributed by atoms with van der Waals surface area (Å²) < 4.78 is 5.57. The zero-order valence-electron chi connectivity index (χ0n) is 8.76. The minimum atomic E-state index is 0.540. The van der Waals surface area contributed by atoms with Crippen LogP contribution in [0.5, 0.6) is 11.5 Å². The predicted molar refractivity (Wildman–Crippen MR) is 65.7 cm³/mol. The molecule has 0 spiro atoms. The molecule has 0 aliphatic rings. The van der Waals surface area contributed by atoms with Gasteiger partial charge in [-0.15, -0.1) is 0 Å². The number of aliphatic imine (C=N–C) groups is 1. The van der Waals surface area contributed by atoms with Crippen molar-refractivity contribution >= 4 is 23.4 Å². The third kappa shape index (κ3) is 3.18. The van der Waals surface area contributed by atoms with Crippen molar-refractivity contribution in [3.63, 3.8) is 0 Å². The molecule has 0 fully saturated rings. The Labute approximate surface area is 103 Å². The van der Waals surface area contributed by atoms with Crippen molar-refractivity contribution in [2.45, 2.75) is 0 Å². The van der Waals surface area contributed by atoms with Crippen LogP contribution in [0, 0.1) is 0 Å². The largest absolute Gasteiger partial charge is 0.457 e. The Hall–Kier alpha value is -2.09. The molecule has 17 heavy (non-hydrogen) atoms. The number of halogens is 1. The lowest BCUT2D eigenvalue weighted by molar-refractivity contribution is 0.483. The Balaban J connectivity index is 2.16. The van der Waals surface area contributed by atoms with Gasteiger partial charge in [0.05, 0.1) is 5.69 Å². The van der Waals surface area contributed by atoms with Crippen LogP contribution in [0.25, 0.3) is 0 Å². The maximum absolute atomic E-state index is 10.1. The van der Waals surface area contributed by atoms with Gasteiger partial charge >= 0.3 is 0 Å². The molecular formula is C13H8ClNO2. The molecule has 2 aromatic rings. The van der Waals surface area contributed by atoms with Gasteiger partial charge in [-0.25, -0.2) is 4.79 Å². The Morgan fingerprint density at radius 1 is 1.06 bits per heavy atom. The average Bonchev–Trinajstić information content (AvgIpc) is 2.32. The molecule has 0 saturated heterocycles. The summed E-state index contributed by atoms with van der Waals surface area (Å²) in [4.78, 5) is 13.5. The number of hydrogen-bond donors (Lipinski definition) is 0. The minimum absolute atomic E-state index is 0.540. The molecule has 3 nitrogen and oxygen atoms in total. The molecular weight excluding hydrogens is 238 g/mol. The fourth-order valence-corrected chi connectivity index (χ4v) is 1.49. The van der Waals surface area contributed by atoms with E-state index in [9.17, 15) is 4.79 Å². The normalized spacial score (nSPS) is 9.47. The van der Waals surface area contributed by atoms with Gasteiger partial charge in [-0.1, -0.05) is 17.7 Å². The van der Waals surface area contributed by atoms with E-state index in [-0.39, 0.29) is 0 Å². The van der Waals surface area contributed by atoms with Crippen LogP contribution in [0.2, 0.25) is 5.02 Å². The molecule has 84 valence electrons. The lowest BCUT2D eigenvalue weighted by Gasteiger charge is -2.05. The van der Waals surface area contributed by atoms with E-state index in [1.54, 1.807) is 36.4 Å². The minimum Gasteiger partial charge on any atom is -0.457 e. The van der Waals surface area contributed by atoms with E-state index >= 15 is 0 Å². The number of benzene rings is 2. The number of carbonyl (C=O) groups excluding carboxylic acids is 1. The molecule has 0 radical (unpaired) electrons. The Morgan fingerprint density at radius 2 is 1.82 bits per heavy atom. The fourth-order valence-electron chi connectivity index (χ4n) is 1.31. The molecule has 0 unspecified atom stereocenters. The lowest BCUT2D eigenvalue weighted by atomic mass is 10.3. The number of hydrogen-bond acceptors (Lipinski definition) is 3. The van der Waals surface area contributed by atoms with E-state index in [0.29, 0.717) is 22.2 Å². The zero-order valence-corrected chi connectivity index (χ0v) is 9.52. The maximum Gasteiger partial charge on any atom is 0.240 e. The molecule has 0 amide bonds. The third-order valence-electron chi connectivity index (χ3n) is 2.04. The number of ether oxygens (including phenoxy) is 1. The highest BCUT2D eigenvalue weighted by Crippen LogP contribution is 2.25. The van der Waals surface area contributed by atoms with E-state index in [0.717, 1.165) is 0 Å². The molecule has 0 N–H and O–H groups in total. The molecule has 0 aromatic heterocycles. The van der Waals surface area contributed by atoms with Crippen molar-refractivity contribution < 1.29 is 9.53 Å². The van der Waals surface area contributed by atoms with Crippen LogP contribution in [0.1, 0.15) is 0 Å². The first-order valence-electron chi connectivity index (χ1n) is 4.89. The molecule has 0 aliphatic carbocycles. The van der Waals surface area contributed by atoms with Gasteiger partial charge in [-0.2, -0.15) is 4.99 Å². The third-order valence-corrected chi connectivity index (χ3v) is 2.28. The topological polar surface area (TPSA) is 38.7 Å². The molecule has 0 heterocycles. The van der Waals surface area contributed by atoms with Gasteiger partial charge in [0.1, 0.15) is 11.5 Å². The SMILES string of the molecule is O=C=Nc1ccc(Oc2cccc(Cl)c2)cc1. The summed E-state index contributed by atoms with van der Waals surface area (Å²) in [5.74, 6) is 1.31. The first-order valence-corrected chi connectivity index (χ1v) is 5.27. The van der Waals surface area contributed by atoms with E-state index in [1.165, 1.54) is 6.08 Å². The van der Waals surface area contributed by atoms with Crippen molar-refractivity contribution in [2.24, 2.45) is 4.99 Å². The Bertz CT molecular complexity index is 560. The Kier molecular flexibility index (Phi) is 3.55. The van der Waals surface area contributed by atoms with Crippen LogP contribution in [0.3, 0.4) is 0 Å². The lowest BCUT2D eigenvalue weighted by Crippen LogP contribution is -1.82. The van der Waals surface area contributed by atoms with Gasteiger partial charge in [0.25, 0.3) is 0 Å². The number of rotatable bonds is 3. The second kappa shape index (κ2) is 5.30. The predicted octanol–water partition coefficient (Wildman–Crippen LogP) is 4.10. The summed E-state index contributed by atoms with van der Waals surface area (Å²) in [5, 5.41) is 0.615. The zero-order chi connectivity index (χ0) is 12.1. The molecule has 0 bridgehead atoms. The highest BCUT2D eigenvalue weighted by molar-refractivity contribution is 6.30. The number of isocyanates is 1. The first-order chi connectivity index (χ1) is 8.28. The van der Waals surface area contributed by atoms with Crippen LogP contribution in [-0.4, -0.2) is 6.08 Å². The quantitative estimate of drug-likeness (QED) is 0.603. The highest BCUT2D eigenvalue weighted by atomic mass is 35.5. The first kappa shape index (κ1) is 11.4. The summed E-state index contributed by atoms with van der Waals surface area (Å²) in [6.07, 6.45) is 1.48. The molecule has 0 atom stereocenters. The van der Waals surface area contributed by atoms with Crippen LogP contribution in [0.4, 0.5) is 5.69 Å². The summed E-state index contributed by atoms with van der Waals surface area (Å²) in [7, 11) is 0.